The topological polar surface area (TPSA) is 26.8 Å². The lowest BCUT2D eigenvalue weighted by Gasteiger charge is -2.01. The van der Waals surface area contributed by atoms with E-state index in [4.69, 9.17) is 5.26 Å². The van der Waals surface area contributed by atoms with Crippen molar-refractivity contribution in [2.45, 2.75) is 6.04 Å². The van der Waals surface area contributed by atoms with E-state index in [1.165, 1.54) is 0 Å². The van der Waals surface area contributed by atoms with Gasteiger partial charge in [-0.1, -0.05) is 15.9 Å². The molecule has 0 aliphatic carbocycles. The highest BCUT2D eigenvalue weighted by atomic mass is 79.9. The van der Waals surface area contributed by atoms with Crippen LogP contribution in [0.5, 0.6) is 0 Å². The molecular formula is C9H7BrN2. The van der Waals surface area contributed by atoms with Gasteiger partial charge in [-0.25, -0.2) is 0 Å². The van der Waals surface area contributed by atoms with E-state index in [9.17, 15) is 0 Å². The van der Waals surface area contributed by atoms with Crippen molar-refractivity contribution in [3.63, 3.8) is 0 Å². The van der Waals surface area contributed by atoms with E-state index >= 15 is 0 Å². The van der Waals surface area contributed by atoms with Gasteiger partial charge in [0.05, 0.1) is 12.6 Å². The monoisotopic (exact) mass is 222 g/mol. The smallest absolute Gasteiger partial charge is 0.134 e. The molecule has 0 N–H and O–H groups in total. The maximum absolute atomic E-state index is 8.59. The summed E-state index contributed by atoms with van der Waals surface area (Å²) >= 11 is 3.36. The number of hydrogen-bond acceptors (Lipinski definition) is 2. The van der Waals surface area contributed by atoms with Crippen LogP contribution in [-0.4, -0.2) is 12.6 Å². The van der Waals surface area contributed by atoms with Crippen LogP contribution < -0.4 is 4.90 Å². The Kier molecular flexibility index (Phi) is 1.78. The molecule has 0 amide bonds. The van der Waals surface area contributed by atoms with E-state index in [0.29, 0.717) is 0 Å². The fraction of sp³-hybridized carbons (Fsp3) is 0.222. The van der Waals surface area contributed by atoms with Crippen LogP contribution in [0.4, 0.5) is 5.69 Å². The zero-order chi connectivity index (χ0) is 8.55. The molecule has 1 heterocycles. The molecule has 12 heavy (non-hydrogen) atoms. The van der Waals surface area contributed by atoms with E-state index in [1.807, 2.05) is 24.3 Å². The van der Waals surface area contributed by atoms with Crippen molar-refractivity contribution in [1.82, 2.24) is 0 Å². The van der Waals surface area contributed by atoms with Crippen LogP contribution in [0.25, 0.3) is 0 Å². The van der Waals surface area contributed by atoms with Gasteiger partial charge in [-0.05, 0) is 24.3 Å². The molecule has 1 aliphatic rings. The lowest BCUT2D eigenvalue weighted by molar-refractivity contribution is 1.26. The number of nitrogens with zero attached hydrogens (tertiary/aromatic N) is 2. The second-order valence-electron chi connectivity index (χ2n) is 2.77. The summed E-state index contributed by atoms with van der Waals surface area (Å²) in [5, 5.41) is 8.59. The molecule has 1 saturated heterocycles. The summed E-state index contributed by atoms with van der Waals surface area (Å²) in [6.45, 7) is 0.873. The van der Waals surface area contributed by atoms with Gasteiger partial charge in [0.25, 0.3) is 0 Å². The lowest BCUT2D eigenvalue weighted by atomic mass is 10.3. The van der Waals surface area contributed by atoms with Gasteiger partial charge >= 0.3 is 0 Å². The molecule has 1 unspecified atom stereocenters. The fourth-order valence-electron chi connectivity index (χ4n) is 1.17. The van der Waals surface area contributed by atoms with Gasteiger partial charge < -0.3 is 4.90 Å². The molecule has 3 heteroatoms. The van der Waals surface area contributed by atoms with E-state index in [1.54, 1.807) is 0 Å². The van der Waals surface area contributed by atoms with Crippen LogP contribution in [-0.2, 0) is 0 Å². The summed E-state index contributed by atoms with van der Waals surface area (Å²) in [5.41, 5.74) is 1.13. The van der Waals surface area contributed by atoms with Crippen molar-refractivity contribution in [3.8, 4) is 6.07 Å². The van der Waals surface area contributed by atoms with Gasteiger partial charge in [0, 0.05) is 10.2 Å². The maximum Gasteiger partial charge on any atom is 0.134 e. The molecule has 2 rings (SSSR count). The van der Waals surface area contributed by atoms with Crippen molar-refractivity contribution in [1.29, 1.82) is 5.26 Å². The summed E-state index contributed by atoms with van der Waals surface area (Å²) in [6.07, 6.45) is 0. The third-order valence-corrected chi connectivity index (χ3v) is 2.45. The molecule has 1 fully saturated rings. The molecule has 0 bridgehead atoms. The normalized spacial score (nSPS) is 20.3. The van der Waals surface area contributed by atoms with Crippen molar-refractivity contribution in [2.75, 3.05) is 11.4 Å². The number of hydrogen-bond donors (Lipinski definition) is 0. The van der Waals surface area contributed by atoms with Crippen molar-refractivity contribution in [3.05, 3.63) is 28.7 Å². The minimum absolute atomic E-state index is 0.103. The minimum Gasteiger partial charge on any atom is -0.351 e. The van der Waals surface area contributed by atoms with Gasteiger partial charge in [-0.15, -0.1) is 0 Å². The third-order valence-electron chi connectivity index (χ3n) is 1.92. The fourth-order valence-corrected chi connectivity index (χ4v) is 1.43. The van der Waals surface area contributed by atoms with Crippen LogP contribution in [0.15, 0.2) is 28.7 Å². The predicted octanol–water partition coefficient (Wildman–Crippen LogP) is 2.16. The first kappa shape index (κ1) is 7.63. The summed E-state index contributed by atoms with van der Waals surface area (Å²) in [7, 11) is 0. The highest BCUT2D eigenvalue weighted by molar-refractivity contribution is 9.10. The van der Waals surface area contributed by atoms with E-state index in [2.05, 4.69) is 26.9 Å². The van der Waals surface area contributed by atoms with Crippen LogP contribution in [0.1, 0.15) is 0 Å². The van der Waals surface area contributed by atoms with E-state index < -0.39 is 0 Å². The second-order valence-corrected chi connectivity index (χ2v) is 3.69. The minimum atomic E-state index is 0.103. The van der Waals surface area contributed by atoms with Gasteiger partial charge in [-0.2, -0.15) is 5.26 Å². The molecule has 1 atom stereocenters. The number of nitriles is 1. The Labute approximate surface area is 79.5 Å². The van der Waals surface area contributed by atoms with E-state index in [0.717, 1.165) is 16.7 Å². The molecule has 1 aromatic carbocycles. The van der Waals surface area contributed by atoms with E-state index in [-0.39, 0.29) is 6.04 Å². The van der Waals surface area contributed by atoms with Crippen molar-refractivity contribution < 1.29 is 0 Å². The molecule has 2 nitrogen and oxygen atoms in total. The first-order valence-corrected chi connectivity index (χ1v) is 4.52. The number of anilines is 1. The van der Waals surface area contributed by atoms with Gasteiger partial charge in [-0.3, -0.25) is 0 Å². The molecular weight excluding hydrogens is 216 g/mol. The highest BCUT2D eigenvalue weighted by Crippen LogP contribution is 2.27. The Hall–Kier alpha value is -1.01. The molecule has 0 spiro atoms. The molecule has 0 saturated carbocycles. The molecule has 1 aliphatic heterocycles. The molecule has 60 valence electrons. The summed E-state index contributed by atoms with van der Waals surface area (Å²) in [6, 6.07) is 10.3. The van der Waals surface area contributed by atoms with Gasteiger partial charge in [0.2, 0.25) is 0 Å². The van der Waals surface area contributed by atoms with Crippen molar-refractivity contribution >= 4 is 21.6 Å². The predicted molar refractivity (Wildman–Crippen MR) is 50.9 cm³/mol. The zero-order valence-corrected chi connectivity index (χ0v) is 7.95. The Balaban J connectivity index is 2.17. The zero-order valence-electron chi connectivity index (χ0n) is 6.37. The number of benzene rings is 1. The van der Waals surface area contributed by atoms with Gasteiger partial charge in [0.1, 0.15) is 6.04 Å². The van der Waals surface area contributed by atoms with Crippen LogP contribution in [0.2, 0.25) is 0 Å². The summed E-state index contributed by atoms with van der Waals surface area (Å²) in [5.74, 6) is 0. The molecule has 1 aromatic rings. The second kappa shape index (κ2) is 2.80. The summed E-state index contributed by atoms with van der Waals surface area (Å²) in [4.78, 5) is 2.06. The first-order chi connectivity index (χ1) is 5.81. The lowest BCUT2D eigenvalue weighted by Crippen LogP contribution is -1.95. The standard InChI is InChI=1S/C9H7BrN2/c10-7-1-3-8(4-2-7)12-6-9(12)5-11/h1-4,9H,6H2. The Morgan fingerprint density at radius 2 is 2.08 bits per heavy atom. The SMILES string of the molecule is N#CC1CN1c1ccc(Br)cc1. The molecule has 0 radical (unpaired) electrons. The number of rotatable bonds is 1. The Morgan fingerprint density at radius 3 is 2.58 bits per heavy atom. The average molecular weight is 223 g/mol. The summed E-state index contributed by atoms with van der Waals surface area (Å²) < 4.78 is 1.07. The third kappa shape index (κ3) is 1.30. The Morgan fingerprint density at radius 1 is 1.42 bits per heavy atom. The Bertz CT molecular complexity index is 325. The largest absolute Gasteiger partial charge is 0.351 e. The highest BCUT2D eigenvalue weighted by Gasteiger charge is 2.33. The number of halogens is 1. The van der Waals surface area contributed by atoms with Crippen LogP contribution >= 0.6 is 15.9 Å². The average Bonchev–Trinajstić information content (AvgIpc) is 2.85. The first-order valence-electron chi connectivity index (χ1n) is 3.73. The van der Waals surface area contributed by atoms with Crippen LogP contribution in [0, 0.1) is 11.3 Å². The quantitative estimate of drug-likeness (QED) is 0.682. The van der Waals surface area contributed by atoms with Crippen molar-refractivity contribution in [2.24, 2.45) is 0 Å². The van der Waals surface area contributed by atoms with Crippen LogP contribution in [0.3, 0.4) is 0 Å². The maximum atomic E-state index is 8.59. The van der Waals surface area contributed by atoms with Gasteiger partial charge in [0.15, 0.2) is 0 Å². The molecule has 0 aromatic heterocycles.